The highest BCUT2D eigenvalue weighted by atomic mass is 16.3. The molecule has 3 heteroatoms. The van der Waals surface area contributed by atoms with Crippen LogP contribution >= 0.6 is 0 Å². The summed E-state index contributed by atoms with van der Waals surface area (Å²) in [4.78, 5) is 0. The van der Waals surface area contributed by atoms with Gasteiger partial charge in [-0.05, 0) is 12.8 Å². The average Bonchev–Trinajstić information content (AvgIpc) is 2.47. The fourth-order valence-corrected chi connectivity index (χ4v) is 2.42. The van der Waals surface area contributed by atoms with E-state index in [9.17, 15) is 10.2 Å². The molecular weight excluding hydrogens is 264 g/mol. The molecule has 0 bridgehead atoms. The lowest BCUT2D eigenvalue weighted by atomic mass is 10.0. The number of hydrogen-bond donors (Lipinski definition) is 3. The summed E-state index contributed by atoms with van der Waals surface area (Å²) in [7, 11) is 0. The first-order valence-electron chi connectivity index (χ1n) is 8.86. The van der Waals surface area contributed by atoms with Crippen molar-refractivity contribution >= 4 is 0 Å². The fourth-order valence-electron chi connectivity index (χ4n) is 2.42. The number of rotatable bonds is 15. The first-order valence-corrected chi connectivity index (χ1v) is 8.86. The Morgan fingerprint density at radius 2 is 1.10 bits per heavy atom. The quantitative estimate of drug-likeness (QED) is 0.317. The van der Waals surface area contributed by atoms with Crippen LogP contribution < -0.4 is 0 Å². The Hall–Kier alpha value is -0.380. The van der Waals surface area contributed by atoms with Gasteiger partial charge in [-0.25, -0.2) is 0 Å². The summed E-state index contributed by atoms with van der Waals surface area (Å²) >= 11 is 0. The summed E-state index contributed by atoms with van der Waals surface area (Å²) in [5.41, 5.74) is 0. The van der Waals surface area contributed by atoms with Gasteiger partial charge in [0.1, 0.15) is 0 Å². The molecular formula is C18H36O3. The largest absolute Gasteiger partial charge is 0.396 e. The monoisotopic (exact) mass is 300 g/mol. The van der Waals surface area contributed by atoms with Gasteiger partial charge < -0.3 is 15.3 Å². The molecule has 0 aromatic carbocycles. The molecule has 0 fully saturated rings. The highest BCUT2D eigenvalue weighted by molar-refractivity contribution is 4.93. The summed E-state index contributed by atoms with van der Waals surface area (Å²) in [6.07, 6.45) is 16.2. The first kappa shape index (κ1) is 20.6. The summed E-state index contributed by atoms with van der Waals surface area (Å²) in [6.45, 7) is 2.22. The summed E-state index contributed by atoms with van der Waals surface area (Å²) in [5.74, 6) is 0. The first-order chi connectivity index (χ1) is 10.2. The minimum Gasteiger partial charge on any atom is -0.396 e. The Balaban J connectivity index is 3.30. The van der Waals surface area contributed by atoms with Gasteiger partial charge >= 0.3 is 0 Å². The fraction of sp³-hybridized carbons (Fsp3) is 0.889. The lowest BCUT2D eigenvalue weighted by molar-refractivity contribution is 0.165. The molecule has 0 amide bonds. The van der Waals surface area contributed by atoms with Gasteiger partial charge in [0.05, 0.1) is 12.2 Å². The van der Waals surface area contributed by atoms with E-state index in [4.69, 9.17) is 5.11 Å². The molecule has 0 aliphatic carbocycles. The number of aliphatic hydroxyl groups excluding tert-OH is 3. The van der Waals surface area contributed by atoms with Crippen molar-refractivity contribution in [1.82, 2.24) is 0 Å². The Bertz CT molecular complexity index is 229. The highest BCUT2D eigenvalue weighted by Gasteiger charge is 2.02. The van der Waals surface area contributed by atoms with Crippen LogP contribution in [0, 0.1) is 0 Å². The molecule has 3 N–H and O–H groups in total. The van der Waals surface area contributed by atoms with Crippen LogP contribution in [0.3, 0.4) is 0 Å². The van der Waals surface area contributed by atoms with Crippen molar-refractivity contribution in [3.63, 3.8) is 0 Å². The molecule has 0 aliphatic heterocycles. The lowest BCUT2D eigenvalue weighted by Crippen LogP contribution is -2.08. The summed E-state index contributed by atoms with van der Waals surface area (Å²) in [6, 6.07) is 0. The molecule has 2 atom stereocenters. The van der Waals surface area contributed by atoms with Crippen LogP contribution in [-0.2, 0) is 0 Å². The van der Waals surface area contributed by atoms with Crippen molar-refractivity contribution in [2.45, 2.75) is 96.2 Å². The molecule has 0 saturated heterocycles. The maximum absolute atomic E-state index is 9.73. The van der Waals surface area contributed by atoms with Crippen LogP contribution in [0.25, 0.3) is 0 Å². The van der Waals surface area contributed by atoms with E-state index in [0.717, 1.165) is 12.8 Å². The van der Waals surface area contributed by atoms with Crippen molar-refractivity contribution in [1.29, 1.82) is 0 Å². The van der Waals surface area contributed by atoms with Gasteiger partial charge in [0, 0.05) is 6.61 Å². The molecule has 0 aromatic heterocycles. The molecule has 0 radical (unpaired) electrons. The predicted molar refractivity (Wildman–Crippen MR) is 89.3 cm³/mol. The van der Waals surface area contributed by atoms with Gasteiger partial charge in [-0.15, -0.1) is 0 Å². The second-order valence-corrected chi connectivity index (χ2v) is 6.00. The van der Waals surface area contributed by atoms with Crippen LogP contribution in [0.4, 0.5) is 0 Å². The Kier molecular flexibility index (Phi) is 15.7. The number of hydrogen-bond acceptors (Lipinski definition) is 3. The second-order valence-electron chi connectivity index (χ2n) is 6.00. The van der Waals surface area contributed by atoms with Crippen LogP contribution in [0.5, 0.6) is 0 Å². The molecule has 0 saturated carbocycles. The standard InChI is InChI=1S/C18H36O3/c1-2-3-4-5-6-7-8-9-10-11-12-17(20)13-14-18(21)15-16-19/h13-14,17-21H,2-12,15-16H2,1H3/b14-13+. The maximum Gasteiger partial charge on any atom is 0.0743 e. The van der Waals surface area contributed by atoms with Crippen LogP contribution in [0.2, 0.25) is 0 Å². The average molecular weight is 300 g/mol. The van der Waals surface area contributed by atoms with Crippen molar-refractivity contribution in [3.05, 3.63) is 12.2 Å². The van der Waals surface area contributed by atoms with Gasteiger partial charge in [0.25, 0.3) is 0 Å². The smallest absolute Gasteiger partial charge is 0.0743 e. The van der Waals surface area contributed by atoms with E-state index in [1.54, 1.807) is 12.2 Å². The highest BCUT2D eigenvalue weighted by Crippen LogP contribution is 2.12. The van der Waals surface area contributed by atoms with Crippen LogP contribution in [0.1, 0.15) is 84.0 Å². The zero-order valence-electron chi connectivity index (χ0n) is 13.8. The zero-order chi connectivity index (χ0) is 15.8. The molecule has 21 heavy (non-hydrogen) atoms. The molecule has 126 valence electrons. The minimum absolute atomic E-state index is 0.0277. The number of unbranched alkanes of at least 4 members (excludes halogenated alkanes) is 9. The Morgan fingerprint density at radius 1 is 0.667 bits per heavy atom. The van der Waals surface area contributed by atoms with Gasteiger partial charge in [-0.3, -0.25) is 0 Å². The molecule has 3 nitrogen and oxygen atoms in total. The van der Waals surface area contributed by atoms with E-state index in [-0.39, 0.29) is 6.61 Å². The molecule has 0 aromatic rings. The summed E-state index contributed by atoms with van der Waals surface area (Å²) < 4.78 is 0. The zero-order valence-corrected chi connectivity index (χ0v) is 13.8. The van der Waals surface area contributed by atoms with Crippen molar-refractivity contribution in [2.75, 3.05) is 6.61 Å². The van der Waals surface area contributed by atoms with Gasteiger partial charge in [-0.1, -0.05) is 83.3 Å². The molecule has 0 spiro atoms. The van der Waals surface area contributed by atoms with Gasteiger partial charge in [0.15, 0.2) is 0 Å². The van der Waals surface area contributed by atoms with Crippen molar-refractivity contribution < 1.29 is 15.3 Å². The number of aliphatic hydroxyl groups is 3. The molecule has 2 unspecified atom stereocenters. The lowest BCUT2D eigenvalue weighted by Gasteiger charge is -2.07. The summed E-state index contributed by atoms with van der Waals surface area (Å²) in [5, 5.41) is 27.8. The topological polar surface area (TPSA) is 60.7 Å². The van der Waals surface area contributed by atoms with E-state index in [1.807, 2.05) is 0 Å². The van der Waals surface area contributed by atoms with Crippen LogP contribution in [0.15, 0.2) is 12.2 Å². The van der Waals surface area contributed by atoms with E-state index in [2.05, 4.69) is 6.92 Å². The predicted octanol–water partition coefficient (Wildman–Crippen LogP) is 3.96. The van der Waals surface area contributed by atoms with E-state index in [0.29, 0.717) is 6.42 Å². The SMILES string of the molecule is CCCCCCCCCCCCC(O)/C=C/C(O)CCO. The van der Waals surface area contributed by atoms with E-state index >= 15 is 0 Å². The normalized spacial score (nSPS) is 14.7. The van der Waals surface area contributed by atoms with E-state index in [1.165, 1.54) is 57.8 Å². The Morgan fingerprint density at radius 3 is 1.57 bits per heavy atom. The maximum atomic E-state index is 9.73. The molecule has 0 heterocycles. The van der Waals surface area contributed by atoms with E-state index < -0.39 is 12.2 Å². The molecule has 0 aliphatic rings. The van der Waals surface area contributed by atoms with Crippen molar-refractivity contribution in [2.24, 2.45) is 0 Å². The third kappa shape index (κ3) is 15.8. The van der Waals surface area contributed by atoms with Gasteiger partial charge in [-0.2, -0.15) is 0 Å². The van der Waals surface area contributed by atoms with Crippen LogP contribution in [-0.4, -0.2) is 34.1 Å². The second kappa shape index (κ2) is 16.0. The third-order valence-electron chi connectivity index (χ3n) is 3.83. The molecule has 0 rings (SSSR count). The third-order valence-corrected chi connectivity index (χ3v) is 3.83. The minimum atomic E-state index is -0.641. The van der Waals surface area contributed by atoms with Crippen molar-refractivity contribution in [3.8, 4) is 0 Å². The van der Waals surface area contributed by atoms with Gasteiger partial charge in [0.2, 0.25) is 0 Å². The Labute approximate surface area is 131 Å².